The third-order valence-electron chi connectivity index (χ3n) is 6.01. The second kappa shape index (κ2) is 11.0. The van der Waals surface area contributed by atoms with Crippen molar-refractivity contribution in [2.24, 2.45) is 0 Å². The molecule has 0 aliphatic carbocycles. The van der Waals surface area contributed by atoms with Gasteiger partial charge in [0.15, 0.2) is 0 Å². The van der Waals surface area contributed by atoms with Crippen LogP contribution in [0.4, 0.5) is 10.5 Å². The van der Waals surface area contributed by atoms with Crippen LogP contribution in [0.3, 0.4) is 0 Å². The highest BCUT2D eigenvalue weighted by atomic mass is 79.9. The second-order valence-corrected chi connectivity index (χ2v) is 10.2. The van der Waals surface area contributed by atoms with Gasteiger partial charge in [-0.3, -0.25) is 4.90 Å². The lowest BCUT2D eigenvalue weighted by molar-refractivity contribution is 0.142. The minimum atomic E-state index is -0.0450. The number of anilines is 1. The van der Waals surface area contributed by atoms with E-state index < -0.39 is 0 Å². The number of aryl methyl sites for hydroxylation is 1. The lowest BCUT2D eigenvalue weighted by Gasteiger charge is -2.34. The van der Waals surface area contributed by atoms with Gasteiger partial charge >= 0.3 is 6.03 Å². The Labute approximate surface area is 206 Å². The van der Waals surface area contributed by atoms with Crippen LogP contribution in [-0.4, -0.2) is 61.2 Å². The predicted octanol–water partition coefficient (Wildman–Crippen LogP) is 5.00. The van der Waals surface area contributed by atoms with Crippen LogP contribution in [0.1, 0.15) is 24.0 Å². The molecule has 172 valence electrons. The van der Waals surface area contributed by atoms with E-state index in [0.29, 0.717) is 13.1 Å². The maximum atomic E-state index is 12.7. The summed E-state index contributed by atoms with van der Waals surface area (Å²) in [7, 11) is 0. The number of benzene rings is 2. The van der Waals surface area contributed by atoms with Crippen LogP contribution in [0, 0.1) is 6.92 Å². The molecule has 2 fully saturated rings. The second-order valence-electron chi connectivity index (χ2n) is 8.51. The molecule has 6 nitrogen and oxygen atoms in total. The number of nitrogens with zero attached hydrogens (tertiary/aromatic N) is 2. The fraction of sp³-hybridized carbons (Fsp3) is 0.458. The largest absolute Gasteiger partial charge is 0.489 e. The maximum absolute atomic E-state index is 12.7. The highest BCUT2D eigenvalue weighted by Gasteiger charge is 2.22. The number of hydrogen-bond acceptors (Lipinski definition) is 4. The zero-order valence-electron chi connectivity index (χ0n) is 18.4. The van der Waals surface area contributed by atoms with Gasteiger partial charge in [0.25, 0.3) is 0 Å². The highest BCUT2D eigenvalue weighted by Crippen LogP contribution is 2.29. The summed E-state index contributed by atoms with van der Waals surface area (Å²) in [5, 5.41) is 6.38. The van der Waals surface area contributed by atoms with Crippen LogP contribution in [-0.2, 0) is 6.54 Å². The molecule has 0 radical (unpaired) electrons. The number of piperazine rings is 1. The summed E-state index contributed by atoms with van der Waals surface area (Å²) in [4.78, 5) is 16.9. The first kappa shape index (κ1) is 23.5. The number of rotatable bonds is 5. The third-order valence-corrected chi connectivity index (χ3v) is 7.28. The van der Waals surface area contributed by atoms with Gasteiger partial charge in [0.1, 0.15) is 11.9 Å². The van der Waals surface area contributed by atoms with Crippen LogP contribution in [0.2, 0.25) is 0 Å². The molecule has 2 aromatic rings. The number of ether oxygens (including phenoxy) is 1. The van der Waals surface area contributed by atoms with E-state index in [9.17, 15) is 4.79 Å². The molecule has 2 aromatic carbocycles. The van der Waals surface area contributed by atoms with E-state index in [-0.39, 0.29) is 12.1 Å². The molecule has 0 unspecified atom stereocenters. The molecule has 0 saturated carbocycles. The van der Waals surface area contributed by atoms with Gasteiger partial charge in [0, 0.05) is 37.2 Å². The quantitative estimate of drug-likeness (QED) is 0.535. The highest BCUT2D eigenvalue weighted by molar-refractivity contribution is 9.11. The molecule has 2 aliphatic heterocycles. The van der Waals surface area contributed by atoms with E-state index in [0.717, 1.165) is 71.5 Å². The van der Waals surface area contributed by atoms with Gasteiger partial charge < -0.3 is 20.3 Å². The maximum Gasteiger partial charge on any atom is 0.321 e. The molecule has 0 atom stereocenters. The number of urea groups is 1. The molecule has 8 heteroatoms. The van der Waals surface area contributed by atoms with Gasteiger partial charge in [0.05, 0.1) is 10.2 Å². The Balaban J connectivity index is 1.26. The Kier molecular flexibility index (Phi) is 8.10. The number of carbonyl (C=O) groups is 1. The van der Waals surface area contributed by atoms with E-state index >= 15 is 0 Å². The number of halogens is 2. The van der Waals surface area contributed by atoms with E-state index in [2.05, 4.69) is 65.6 Å². The van der Waals surface area contributed by atoms with Crippen molar-refractivity contribution in [3.63, 3.8) is 0 Å². The van der Waals surface area contributed by atoms with Crippen molar-refractivity contribution in [2.45, 2.75) is 32.4 Å². The zero-order chi connectivity index (χ0) is 22.5. The molecule has 0 spiro atoms. The van der Waals surface area contributed by atoms with Crippen LogP contribution < -0.4 is 15.4 Å². The fourth-order valence-electron chi connectivity index (χ4n) is 4.11. The number of nitrogens with one attached hydrogen (secondary N) is 2. The van der Waals surface area contributed by atoms with Crippen LogP contribution in [0.25, 0.3) is 0 Å². The molecule has 0 bridgehead atoms. The fourth-order valence-corrected chi connectivity index (χ4v) is 5.23. The van der Waals surface area contributed by atoms with E-state index in [4.69, 9.17) is 4.74 Å². The molecule has 0 aromatic heterocycles. The van der Waals surface area contributed by atoms with Crippen molar-refractivity contribution >= 4 is 43.6 Å². The molecule has 2 heterocycles. The number of amides is 2. The van der Waals surface area contributed by atoms with Crippen molar-refractivity contribution in [3.8, 4) is 5.75 Å². The Morgan fingerprint density at radius 3 is 2.50 bits per heavy atom. The van der Waals surface area contributed by atoms with E-state index in [1.54, 1.807) is 0 Å². The first-order valence-electron chi connectivity index (χ1n) is 11.2. The summed E-state index contributed by atoms with van der Waals surface area (Å²) in [6.45, 7) is 8.08. The minimum absolute atomic E-state index is 0.0450. The zero-order valence-corrected chi connectivity index (χ0v) is 21.5. The number of hydrogen-bond donors (Lipinski definition) is 2. The normalized spacial score (nSPS) is 17.9. The van der Waals surface area contributed by atoms with Crippen LogP contribution in [0.15, 0.2) is 45.3 Å². The van der Waals surface area contributed by atoms with E-state index in [1.165, 1.54) is 5.56 Å². The van der Waals surface area contributed by atoms with Crippen molar-refractivity contribution in [3.05, 3.63) is 56.5 Å². The smallest absolute Gasteiger partial charge is 0.321 e. The summed E-state index contributed by atoms with van der Waals surface area (Å²) in [6.07, 6.45) is 2.39. The average molecular weight is 566 g/mol. The summed E-state index contributed by atoms with van der Waals surface area (Å²) in [6, 6.07) is 12.3. The van der Waals surface area contributed by atoms with E-state index in [1.807, 2.05) is 30.0 Å². The Morgan fingerprint density at radius 2 is 1.81 bits per heavy atom. The van der Waals surface area contributed by atoms with Crippen LogP contribution >= 0.6 is 31.9 Å². The van der Waals surface area contributed by atoms with Gasteiger partial charge in [-0.15, -0.1) is 0 Å². The molecule has 4 rings (SSSR count). The summed E-state index contributed by atoms with van der Waals surface area (Å²) in [5.74, 6) is 0.921. The van der Waals surface area contributed by atoms with Gasteiger partial charge in [-0.05, 0) is 100 Å². The SMILES string of the molecule is Cc1ccc(NC(=O)N2CCN(Cc3ccc(OC4CCNCC4)c(Br)c3)CC2)c(Br)c1. The molecule has 32 heavy (non-hydrogen) atoms. The summed E-state index contributed by atoms with van der Waals surface area (Å²) in [5.41, 5.74) is 3.21. The van der Waals surface area contributed by atoms with Crippen LogP contribution in [0.5, 0.6) is 5.75 Å². The van der Waals surface area contributed by atoms with Gasteiger partial charge in [0.2, 0.25) is 0 Å². The Morgan fingerprint density at radius 1 is 1.06 bits per heavy atom. The average Bonchev–Trinajstić information content (AvgIpc) is 2.79. The van der Waals surface area contributed by atoms with Crippen molar-refractivity contribution < 1.29 is 9.53 Å². The number of piperidine rings is 1. The molecule has 2 aliphatic rings. The summed E-state index contributed by atoms with van der Waals surface area (Å²) < 4.78 is 8.09. The Bertz CT molecular complexity index is 942. The summed E-state index contributed by atoms with van der Waals surface area (Å²) >= 11 is 7.21. The minimum Gasteiger partial charge on any atom is -0.489 e. The standard InChI is InChI=1S/C24H30Br2N4O2/c1-17-2-4-22(20(25)14-17)28-24(31)30-12-10-29(11-13-30)16-18-3-5-23(21(26)15-18)32-19-6-8-27-9-7-19/h2-5,14-15,19,27H,6-13,16H2,1H3,(H,28,31). The molecule has 2 saturated heterocycles. The molecular formula is C24H30Br2N4O2. The van der Waals surface area contributed by atoms with Gasteiger partial charge in [-0.2, -0.15) is 0 Å². The van der Waals surface area contributed by atoms with Crippen molar-refractivity contribution in [2.75, 3.05) is 44.6 Å². The third kappa shape index (κ3) is 6.25. The first-order valence-corrected chi connectivity index (χ1v) is 12.8. The van der Waals surface area contributed by atoms with Crippen molar-refractivity contribution in [1.29, 1.82) is 0 Å². The van der Waals surface area contributed by atoms with Crippen molar-refractivity contribution in [1.82, 2.24) is 15.1 Å². The molecular weight excluding hydrogens is 536 g/mol. The first-order chi connectivity index (χ1) is 15.5. The topological polar surface area (TPSA) is 56.8 Å². The lowest BCUT2D eigenvalue weighted by atomic mass is 10.1. The van der Waals surface area contributed by atoms with Gasteiger partial charge in [-0.25, -0.2) is 4.79 Å². The Hall–Kier alpha value is -1.61. The predicted molar refractivity (Wildman–Crippen MR) is 135 cm³/mol. The monoisotopic (exact) mass is 564 g/mol. The molecule has 2 amide bonds. The number of carbonyl (C=O) groups excluding carboxylic acids is 1. The van der Waals surface area contributed by atoms with Gasteiger partial charge in [-0.1, -0.05) is 12.1 Å². The molecule has 2 N–H and O–H groups in total. The lowest BCUT2D eigenvalue weighted by Crippen LogP contribution is -2.49.